The average Bonchev–Trinajstić information content (AvgIpc) is 2.30. The van der Waals surface area contributed by atoms with Crippen molar-refractivity contribution < 1.29 is 4.68 Å². The molecule has 1 heterocycles. The van der Waals surface area contributed by atoms with E-state index >= 15 is 0 Å². The van der Waals surface area contributed by atoms with Gasteiger partial charge in [0, 0.05) is 5.56 Å². The second-order valence-corrected chi connectivity index (χ2v) is 3.55. The van der Waals surface area contributed by atoms with Gasteiger partial charge in [-0.1, -0.05) is 0 Å². The number of hydrogen-bond acceptors (Lipinski definition) is 2. The van der Waals surface area contributed by atoms with E-state index in [4.69, 9.17) is 10.7 Å². The first-order valence-corrected chi connectivity index (χ1v) is 4.92. The quantitative estimate of drug-likeness (QED) is 0.381. The van der Waals surface area contributed by atoms with E-state index in [1.54, 1.807) is 12.4 Å². The highest BCUT2D eigenvalue weighted by molar-refractivity contribution is 5.83. The number of nitrogens with zero attached hydrogens (tertiary/aromatic N) is 4. The van der Waals surface area contributed by atoms with Crippen molar-refractivity contribution in [3.8, 4) is 6.07 Å². The highest BCUT2D eigenvalue weighted by atomic mass is 15.3. The molecule has 0 bridgehead atoms. The highest BCUT2D eigenvalue weighted by Crippen LogP contribution is 2.18. The monoisotopic (exact) mass is 198 g/mol. The maximum Gasteiger partial charge on any atom is 0.335 e. The van der Waals surface area contributed by atoms with E-state index in [0.29, 0.717) is 0 Å². The SMILES string of the molecule is N#CC(=C=[N-])[n+]1cc2c(cn1)CCCC2. The van der Waals surface area contributed by atoms with Gasteiger partial charge in [-0.05, 0) is 41.0 Å². The zero-order chi connectivity index (χ0) is 10.7. The minimum absolute atomic E-state index is 0.0170. The summed E-state index contributed by atoms with van der Waals surface area (Å²) in [6.07, 6.45) is 8.01. The van der Waals surface area contributed by atoms with E-state index < -0.39 is 0 Å². The van der Waals surface area contributed by atoms with Crippen molar-refractivity contribution in [2.45, 2.75) is 25.7 Å². The highest BCUT2D eigenvalue weighted by Gasteiger charge is 2.16. The Morgan fingerprint density at radius 3 is 2.80 bits per heavy atom. The second kappa shape index (κ2) is 4.04. The summed E-state index contributed by atoms with van der Waals surface area (Å²) < 4.78 is 1.37. The number of aryl methyl sites for hydroxylation is 2. The van der Waals surface area contributed by atoms with Crippen LogP contribution in [0, 0.1) is 11.3 Å². The van der Waals surface area contributed by atoms with Gasteiger partial charge in [0.2, 0.25) is 6.20 Å². The first-order valence-electron chi connectivity index (χ1n) is 4.92. The molecule has 0 atom stereocenters. The molecular weight excluding hydrogens is 188 g/mol. The molecule has 0 radical (unpaired) electrons. The van der Waals surface area contributed by atoms with Crippen molar-refractivity contribution in [1.29, 1.82) is 5.26 Å². The van der Waals surface area contributed by atoms with Crippen LogP contribution in [-0.4, -0.2) is 11.0 Å². The van der Waals surface area contributed by atoms with Gasteiger partial charge in [0.1, 0.15) is 0 Å². The zero-order valence-corrected chi connectivity index (χ0v) is 8.27. The molecule has 0 aliphatic heterocycles. The molecule has 1 aliphatic carbocycles. The first kappa shape index (κ1) is 9.57. The number of nitriles is 1. The molecule has 0 saturated heterocycles. The fourth-order valence-electron chi connectivity index (χ4n) is 1.81. The standard InChI is InChI=1S/C11H10N4/c12-5-11(6-13)15-8-10-4-2-1-3-9(10)7-14-15/h7-8H,1-4H2. The molecule has 0 unspecified atom stereocenters. The van der Waals surface area contributed by atoms with Crippen LogP contribution in [0.3, 0.4) is 0 Å². The lowest BCUT2D eigenvalue weighted by atomic mass is 9.95. The van der Waals surface area contributed by atoms with Crippen molar-refractivity contribution in [3.05, 3.63) is 28.9 Å². The lowest BCUT2D eigenvalue weighted by molar-refractivity contribution is -0.642. The molecule has 2 rings (SSSR count). The zero-order valence-electron chi connectivity index (χ0n) is 8.27. The molecule has 1 aromatic rings. The average molecular weight is 198 g/mol. The summed E-state index contributed by atoms with van der Waals surface area (Å²) in [6, 6.07) is 1.83. The summed E-state index contributed by atoms with van der Waals surface area (Å²) in [4.78, 5) is 0. The first-order chi connectivity index (χ1) is 7.35. The molecule has 4 heteroatoms. The van der Waals surface area contributed by atoms with E-state index in [9.17, 15) is 0 Å². The molecule has 0 aromatic carbocycles. The molecule has 0 fully saturated rings. The summed E-state index contributed by atoms with van der Waals surface area (Å²) in [5.41, 5.74) is 2.47. The van der Waals surface area contributed by atoms with Gasteiger partial charge in [0.05, 0.1) is 6.20 Å². The smallest absolute Gasteiger partial charge is 0.335 e. The lowest BCUT2D eigenvalue weighted by Crippen LogP contribution is -2.37. The van der Waals surface area contributed by atoms with Gasteiger partial charge >= 0.3 is 5.70 Å². The van der Waals surface area contributed by atoms with Gasteiger partial charge in [0.15, 0.2) is 6.07 Å². The summed E-state index contributed by atoms with van der Waals surface area (Å²) in [6.45, 7) is 0. The number of allylic oxidation sites excluding steroid dienone is 1. The van der Waals surface area contributed by atoms with Crippen molar-refractivity contribution in [1.82, 2.24) is 5.10 Å². The molecule has 1 aliphatic rings. The minimum atomic E-state index is 0.0170. The van der Waals surface area contributed by atoms with Crippen LogP contribution >= 0.6 is 0 Å². The van der Waals surface area contributed by atoms with Crippen LogP contribution in [0.5, 0.6) is 0 Å². The Balaban J connectivity index is 2.45. The van der Waals surface area contributed by atoms with Gasteiger partial charge in [-0.3, -0.25) is 0 Å². The Morgan fingerprint density at radius 2 is 2.13 bits per heavy atom. The molecular formula is C11H10N4. The van der Waals surface area contributed by atoms with Gasteiger partial charge in [-0.15, -0.1) is 0 Å². The normalized spacial score (nSPS) is 13.5. The van der Waals surface area contributed by atoms with Crippen LogP contribution < -0.4 is 4.68 Å². The van der Waals surface area contributed by atoms with Crippen LogP contribution in [0.1, 0.15) is 24.0 Å². The van der Waals surface area contributed by atoms with Crippen molar-refractivity contribution in [2.75, 3.05) is 0 Å². The van der Waals surface area contributed by atoms with Crippen LogP contribution in [0.15, 0.2) is 12.4 Å². The fourth-order valence-corrected chi connectivity index (χ4v) is 1.81. The number of fused-ring (bicyclic) bond motifs is 1. The second-order valence-electron chi connectivity index (χ2n) is 3.55. The molecule has 15 heavy (non-hydrogen) atoms. The molecule has 0 amide bonds. The summed E-state index contributed by atoms with van der Waals surface area (Å²) in [5, 5.41) is 21.5. The number of hydrogen-bond donors (Lipinski definition) is 0. The van der Waals surface area contributed by atoms with Gasteiger partial charge in [-0.2, -0.15) is 11.1 Å². The van der Waals surface area contributed by atoms with E-state index in [-0.39, 0.29) is 5.70 Å². The number of rotatable bonds is 1. The molecule has 74 valence electrons. The van der Waals surface area contributed by atoms with Crippen LogP contribution in [0.25, 0.3) is 11.1 Å². The largest absolute Gasteiger partial charge is 0.757 e. The van der Waals surface area contributed by atoms with Crippen LogP contribution in [0.2, 0.25) is 0 Å². The Morgan fingerprint density at radius 1 is 1.40 bits per heavy atom. The third-order valence-electron chi connectivity index (χ3n) is 2.61. The van der Waals surface area contributed by atoms with Crippen molar-refractivity contribution in [3.63, 3.8) is 0 Å². The third-order valence-corrected chi connectivity index (χ3v) is 2.61. The maximum absolute atomic E-state index is 8.71. The van der Waals surface area contributed by atoms with E-state index in [1.165, 1.54) is 28.7 Å². The Hall–Kier alpha value is -1.98. The Labute approximate surface area is 88.0 Å². The van der Waals surface area contributed by atoms with Gasteiger partial charge in [0.25, 0.3) is 0 Å². The van der Waals surface area contributed by atoms with Crippen molar-refractivity contribution in [2.24, 2.45) is 0 Å². The molecule has 0 N–H and O–H groups in total. The third kappa shape index (κ3) is 1.78. The minimum Gasteiger partial charge on any atom is -0.757 e. The van der Waals surface area contributed by atoms with Gasteiger partial charge < -0.3 is 5.41 Å². The lowest BCUT2D eigenvalue weighted by Gasteiger charge is -2.11. The number of aromatic nitrogens is 2. The molecule has 0 spiro atoms. The topological polar surface area (TPSA) is 62.9 Å². The van der Waals surface area contributed by atoms with Crippen molar-refractivity contribution >= 4 is 11.6 Å². The van der Waals surface area contributed by atoms with Crippen LogP contribution in [-0.2, 0) is 12.8 Å². The van der Waals surface area contributed by atoms with E-state index in [0.717, 1.165) is 12.8 Å². The fraction of sp³-hybridized carbons (Fsp3) is 0.364. The molecule has 0 saturated carbocycles. The summed E-state index contributed by atoms with van der Waals surface area (Å²) in [7, 11) is 0. The van der Waals surface area contributed by atoms with E-state index in [1.807, 2.05) is 11.9 Å². The summed E-state index contributed by atoms with van der Waals surface area (Å²) in [5.74, 6) is 1.83. The predicted octanol–water partition coefficient (Wildman–Crippen LogP) is 0.851. The Kier molecular flexibility index (Phi) is 2.57. The Bertz CT molecular complexity index is 478. The predicted molar refractivity (Wildman–Crippen MR) is 54.8 cm³/mol. The van der Waals surface area contributed by atoms with E-state index in [2.05, 4.69) is 5.10 Å². The summed E-state index contributed by atoms with van der Waals surface area (Å²) >= 11 is 0. The van der Waals surface area contributed by atoms with Gasteiger partial charge in [-0.25, -0.2) is 0 Å². The molecule has 1 aromatic heterocycles. The maximum atomic E-state index is 8.71. The molecule has 4 nitrogen and oxygen atoms in total. The van der Waals surface area contributed by atoms with Crippen LogP contribution in [0.4, 0.5) is 0 Å².